The smallest absolute Gasteiger partial charge is 0.233 e. The second-order valence-electron chi connectivity index (χ2n) is 5.71. The highest BCUT2D eigenvalue weighted by Crippen LogP contribution is 2.29. The maximum absolute atomic E-state index is 11.1. The zero-order valence-electron chi connectivity index (χ0n) is 11.4. The van der Waals surface area contributed by atoms with E-state index in [1.54, 1.807) is 0 Å². The Bertz CT molecular complexity index is 284. The van der Waals surface area contributed by atoms with Crippen LogP contribution in [0.4, 0.5) is 0 Å². The van der Waals surface area contributed by atoms with E-state index in [9.17, 15) is 4.79 Å². The molecule has 5 nitrogen and oxygen atoms in total. The monoisotopic (exact) mass is 254 g/mol. The van der Waals surface area contributed by atoms with Crippen molar-refractivity contribution in [1.82, 2.24) is 15.2 Å². The predicted octanol–water partition coefficient (Wildman–Crippen LogP) is 0.173. The van der Waals surface area contributed by atoms with Crippen molar-refractivity contribution in [3.63, 3.8) is 0 Å². The molecule has 0 aromatic carbocycles. The third kappa shape index (κ3) is 3.43. The number of hydrazine groups is 1. The number of amides is 1. The number of nitrogens with two attached hydrogens (primary N) is 1. The van der Waals surface area contributed by atoms with Crippen LogP contribution in [0.5, 0.6) is 0 Å². The Hall–Kier alpha value is -0.650. The van der Waals surface area contributed by atoms with Gasteiger partial charge in [-0.1, -0.05) is 0 Å². The lowest BCUT2D eigenvalue weighted by atomic mass is 9.84. The standard InChI is InChI=1S/C13H26N4O/c1-16-7-2-4-11-10-17(9-6-12(11)16)8-3-5-13(18)15-14/h11-12H,2-10,14H2,1H3,(H,15,18). The lowest BCUT2D eigenvalue weighted by Crippen LogP contribution is -2.52. The van der Waals surface area contributed by atoms with Crippen LogP contribution < -0.4 is 11.3 Å². The molecule has 1 amide bonds. The van der Waals surface area contributed by atoms with Crippen molar-refractivity contribution in [2.45, 2.75) is 38.1 Å². The summed E-state index contributed by atoms with van der Waals surface area (Å²) >= 11 is 0. The highest BCUT2D eigenvalue weighted by Gasteiger charge is 2.33. The Balaban J connectivity index is 1.72. The van der Waals surface area contributed by atoms with Crippen LogP contribution in [0.15, 0.2) is 0 Å². The molecule has 2 unspecified atom stereocenters. The highest BCUT2D eigenvalue weighted by atomic mass is 16.2. The second-order valence-corrected chi connectivity index (χ2v) is 5.71. The summed E-state index contributed by atoms with van der Waals surface area (Å²) < 4.78 is 0. The van der Waals surface area contributed by atoms with Gasteiger partial charge in [0.25, 0.3) is 0 Å². The average molecular weight is 254 g/mol. The van der Waals surface area contributed by atoms with Crippen LogP contribution in [0.25, 0.3) is 0 Å². The molecule has 104 valence electrons. The number of nitrogens with zero attached hydrogens (tertiary/aromatic N) is 2. The van der Waals surface area contributed by atoms with Crippen molar-refractivity contribution < 1.29 is 4.79 Å². The first-order chi connectivity index (χ1) is 8.70. The van der Waals surface area contributed by atoms with Gasteiger partial charge in [-0.3, -0.25) is 10.2 Å². The molecule has 2 aliphatic rings. The minimum Gasteiger partial charge on any atom is -0.303 e. The number of likely N-dealkylation sites (tertiary alicyclic amines) is 2. The van der Waals surface area contributed by atoms with Gasteiger partial charge in [0.15, 0.2) is 0 Å². The van der Waals surface area contributed by atoms with Crippen LogP contribution in [0.2, 0.25) is 0 Å². The number of hydrogen-bond donors (Lipinski definition) is 2. The van der Waals surface area contributed by atoms with E-state index >= 15 is 0 Å². The van der Waals surface area contributed by atoms with Gasteiger partial charge in [-0.05, 0) is 58.3 Å². The number of carbonyl (C=O) groups is 1. The Morgan fingerprint density at radius 2 is 2.22 bits per heavy atom. The number of rotatable bonds is 4. The van der Waals surface area contributed by atoms with E-state index < -0.39 is 0 Å². The zero-order chi connectivity index (χ0) is 13.0. The lowest BCUT2D eigenvalue weighted by Gasteiger charge is -2.46. The van der Waals surface area contributed by atoms with Gasteiger partial charge in [0, 0.05) is 19.0 Å². The summed E-state index contributed by atoms with van der Waals surface area (Å²) in [6.07, 6.45) is 5.44. The molecule has 0 spiro atoms. The fourth-order valence-corrected chi connectivity index (χ4v) is 3.47. The molecular formula is C13H26N4O. The Morgan fingerprint density at radius 3 is 3.00 bits per heavy atom. The number of nitrogens with one attached hydrogen (secondary N) is 1. The van der Waals surface area contributed by atoms with Gasteiger partial charge in [-0.15, -0.1) is 0 Å². The number of hydrogen-bond acceptors (Lipinski definition) is 4. The van der Waals surface area contributed by atoms with E-state index in [1.165, 1.54) is 38.9 Å². The van der Waals surface area contributed by atoms with Gasteiger partial charge in [0.2, 0.25) is 5.91 Å². The first kappa shape index (κ1) is 13.8. The minimum atomic E-state index is -0.0534. The van der Waals surface area contributed by atoms with Crippen molar-refractivity contribution in [3.8, 4) is 0 Å². The molecule has 2 rings (SSSR count). The van der Waals surface area contributed by atoms with Crippen LogP contribution in [-0.2, 0) is 4.79 Å². The quantitative estimate of drug-likeness (QED) is 0.427. The third-order valence-electron chi connectivity index (χ3n) is 4.47. The van der Waals surface area contributed by atoms with E-state index in [2.05, 4.69) is 22.3 Å². The van der Waals surface area contributed by atoms with Crippen LogP contribution in [-0.4, -0.2) is 55.0 Å². The fourth-order valence-electron chi connectivity index (χ4n) is 3.47. The van der Waals surface area contributed by atoms with Crippen LogP contribution in [0.3, 0.4) is 0 Å². The summed E-state index contributed by atoms with van der Waals surface area (Å²) in [6.45, 7) is 4.67. The summed E-state index contributed by atoms with van der Waals surface area (Å²) in [5, 5.41) is 0. The molecule has 2 fully saturated rings. The fraction of sp³-hybridized carbons (Fsp3) is 0.923. The van der Waals surface area contributed by atoms with Crippen molar-refractivity contribution in [2.24, 2.45) is 11.8 Å². The topological polar surface area (TPSA) is 61.6 Å². The van der Waals surface area contributed by atoms with Gasteiger partial charge in [0.1, 0.15) is 0 Å². The van der Waals surface area contributed by atoms with E-state index in [0.717, 1.165) is 24.9 Å². The molecule has 2 atom stereocenters. The summed E-state index contributed by atoms with van der Waals surface area (Å²) in [7, 11) is 2.26. The minimum absolute atomic E-state index is 0.0534. The predicted molar refractivity (Wildman–Crippen MR) is 71.8 cm³/mol. The molecule has 0 aliphatic carbocycles. The summed E-state index contributed by atoms with van der Waals surface area (Å²) in [6, 6.07) is 0.794. The van der Waals surface area contributed by atoms with Gasteiger partial charge >= 0.3 is 0 Å². The molecule has 0 radical (unpaired) electrons. The van der Waals surface area contributed by atoms with Crippen LogP contribution in [0, 0.1) is 5.92 Å². The van der Waals surface area contributed by atoms with Gasteiger partial charge in [0.05, 0.1) is 0 Å². The van der Waals surface area contributed by atoms with E-state index in [4.69, 9.17) is 5.84 Å². The van der Waals surface area contributed by atoms with Crippen molar-refractivity contribution in [1.29, 1.82) is 0 Å². The molecule has 0 bridgehead atoms. The van der Waals surface area contributed by atoms with Gasteiger partial charge < -0.3 is 9.80 Å². The van der Waals surface area contributed by atoms with Crippen molar-refractivity contribution in [3.05, 3.63) is 0 Å². The summed E-state index contributed by atoms with van der Waals surface area (Å²) in [4.78, 5) is 16.1. The first-order valence-corrected chi connectivity index (χ1v) is 7.12. The Morgan fingerprint density at radius 1 is 1.39 bits per heavy atom. The van der Waals surface area contributed by atoms with Crippen LogP contribution >= 0.6 is 0 Å². The van der Waals surface area contributed by atoms with E-state index in [0.29, 0.717) is 6.42 Å². The number of carbonyl (C=O) groups excluding carboxylic acids is 1. The molecule has 2 aliphatic heterocycles. The van der Waals surface area contributed by atoms with Crippen molar-refractivity contribution >= 4 is 5.91 Å². The zero-order valence-corrected chi connectivity index (χ0v) is 11.4. The van der Waals surface area contributed by atoms with Crippen LogP contribution in [0.1, 0.15) is 32.1 Å². The average Bonchev–Trinajstić information content (AvgIpc) is 2.38. The van der Waals surface area contributed by atoms with Crippen molar-refractivity contribution in [2.75, 3.05) is 33.2 Å². The van der Waals surface area contributed by atoms with E-state index in [1.807, 2.05) is 0 Å². The molecule has 0 saturated carbocycles. The molecule has 18 heavy (non-hydrogen) atoms. The Labute approximate surface area is 110 Å². The first-order valence-electron chi connectivity index (χ1n) is 7.12. The SMILES string of the molecule is CN1CCCC2CN(CCCC(=O)NN)CCC21. The highest BCUT2D eigenvalue weighted by molar-refractivity contribution is 5.75. The molecule has 5 heteroatoms. The maximum Gasteiger partial charge on any atom is 0.233 e. The third-order valence-corrected chi connectivity index (χ3v) is 4.47. The molecule has 3 N–H and O–H groups in total. The number of piperidine rings is 2. The molecule has 2 saturated heterocycles. The second kappa shape index (κ2) is 6.50. The lowest BCUT2D eigenvalue weighted by molar-refractivity contribution is -0.121. The number of fused-ring (bicyclic) bond motifs is 1. The molecule has 0 aromatic rings. The summed E-state index contributed by atoms with van der Waals surface area (Å²) in [5.74, 6) is 5.86. The molecule has 2 heterocycles. The largest absolute Gasteiger partial charge is 0.303 e. The normalized spacial score (nSPS) is 29.9. The summed E-state index contributed by atoms with van der Waals surface area (Å²) in [5.41, 5.74) is 2.19. The maximum atomic E-state index is 11.1. The molecular weight excluding hydrogens is 228 g/mol. The van der Waals surface area contributed by atoms with Gasteiger partial charge in [-0.2, -0.15) is 0 Å². The van der Waals surface area contributed by atoms with Gasteiger partial charge in [-0.25, -0.2) is 5.84 Å². The Kier molecular flexibility index (Phi) is 4.97. The van der Waals surface area contributed by atoms with E-state index in [-0.39, 0.29) is 5.91 Å². The molecule has 0 aromatic heterocycles.